The van der Waals surface area contributed by atoms with Crippen molar-refractivity contribution in [3.8, 4) is 5.75 Å². The number of rotatable bonds is 7. The van der Waals surface area contributed by atoms with Gasteiger partial charge in [-0.2, -0.15) is 0 Å². The Balaban J connectivity index is 0.000000222. The number of pyridine rings is 1. The molecule has 0 saturated carbocycles. The number of nitrogens with one attached hydrogen (secondary N) is 4. The molecule has 35 heavy (non-hydrogen) atoms. The number of amides is 2. The number of hydrogen-bond acceptors (Lipinski definition) is 4. The van der Waals surface area contributed by atoms with E-state index in [-0.39, 0.29) is 11.5 Å². The fourth-order valence-electron chi connectivity index (χ4n) is 3.00. The molecular weight excluding hydrogens is 444 g/mol. The first-order chi connectivity index (χ1) is 17.0. The molecule has 0 aliphatic carbocycles. The summed E-state index contributed by atoms with van der Waals surface area (Å²) in [6.45, 7) is 4.88. The van der Waals surface area contributed by atoms with Gasteiger partial charge in [0.1, 0.15) is 11.4 Å². The van der Waals surface area contributed by atoms with Crippen molar-refractivity contribution >= 4 is 23.2 Å². The molecule has 0 aliphatic heterocycles. The van der Waals surface area contributed by atoms with Crippen LogP contribution in [-0.2, 0) is 11.2 Å². The third kappa shape index (κ3) is 9.59. The third-order valence-electron chi connectivity index (χ3n) is 4.86. The van der Waals surface area contributed by atoms with Crippen molar-refractivity contribution in [2.45, 2.75) is 20.3 Å². The molecule has 4 N–H and O–H groups in total. The number of carbonyl (C=O) groups excluding carboxylic acids is 2. The minimum atomic E-state index is -0.206. The van der Waals surface area contributed by atoms with E-state index in [1.165, 1.54) is 11.6 Å². The average Bonchev–Trinajstić information content (AvgIpc) is 3.31. The molecule has 4 rings (SSSR count). The summed E-state index contributed by atoms with van der Waals surface area (Å²) in [5.74, 6) is 0.538. The van der Waals surface area contributed by atoms with E-state index in [4.69, 9.17) is 4.74 Å². The molecule has 0 radical (unpaired) electrons. The van der Waals surface area contributed by atoms with Gasteiger partial charge in [0.05, 0.1) is 7.11 Å². The Morgan fingerprint density at radius 1 is 0.971 bits per heavy atom. The van der Waals surface area contributed by atoms with Gasteiger partial charge in [0.2, 0.25) is 12.0 Å². The number of H-pyrrole nitrogens is 2. The molecule has 0 spiro atoms. The van der Waals surface area contributed by atoms with Crippen molar-refractivity contribution in [2.24, 2.45) is 0 Å². The monoisotopic (exact) mass is 476 g/mol. The van der Waals surface area contributed by atoms with Gasteiger partial charge in [-0.15, -0.1) is 0 Å². The molecule has 184 valence electrons. The summed E-state index contributed by atoms with van der Waals surface area (Å²) in [5, 5.41) is 6.09. The lowest BCUT2D eigenvalue weighted by Gasteiger charge is -2.02. The van der Waals surface area contributed by atoms with Crippen molar-refractivity contribution in [3.05, 3.63) is 100 Å². The van der Waals surface area contributed by atoms with Crippen LogP contribution in [0.2, 0.25) is 0 Å². The van der Waals surface area contributed by atoms with Gasteiger partial charge in [-0.1, -0.05) is 48.9 Å². The zero-order valence-electron chi connectivity index (χ0n) is 20.3. The molecule has 2 amide bonds. The quantitative estimate of drug-likeness (QED) is 0.241. The molecular formula is C27H32N4O4. The van der Waals surface area contributed by atoms with Crippen LogP contribution in [0.5, 0.6) is 5.75 Å². The SMILES string of the molecule is CCc1cccc(=O)[nH]1.COc1ccc2[nH]c(C(=O)NCCNC=O)cc2c1.Cc1ccccc1. The fraction of sp³-hybridized carbons (Fsp3) is 0.222. The van der Waals surface area contributed by atoms with Crippen LogP contribution in [0.4, 0.5) is 0 Å². The van der Waals surface area contributed by atoms with Gasteiger partial charge < -0.3 is 25.3 Å². The van der Waals surface area contributed by atoms with Crippen LogP contribution in [-0.4, -0.2) is 42.5 Å². The lowest BCUT2D eigenvalue weighted by Crippen LogP contribution is -2.31. The Kier molecular flexibility index (Phi) is 11.3. The number of ether oxygens (including phenoxy) is 1. The van der Waals surface area contributed by atoms with Gasteiger partial charge >= 0.3 is 0 Å². The minimum Gasteiger partial charge on any atom is -0.497 e. The maximum atomic E-state index is 11.8. The molecule has 0 fully saturated rings. The molecule has 8 heteroatoms. The van der Waals surface area contributed by atoms with E-state index in [0.29, 0.717) is 25.2 Å². The molecule has 2 heterocycles. The van der Waals surface area contributed by atoms with Gasteiger partial charge in [-0.05, 0) is 43.7 Å². The summed E-state index contributed by atoms with van der Waals surface area (Å²) in [6.07, 6.45) is 1.48. The van der Waals surface area contributed by atoms with Crippen molar-refractivity contribution in [2.75, 3.05) is 20.2 Å². The predicted octanol–water partition coefficient (Wildman–Crippen LogP) is 3.58. The second-order valence-corrected chi connectivity index (χ2v) is 7.51. The summed E-state index contributed by atoms with van der Waals surface area (Å²) >= 11 is 0. The van der Waals surface area contributed by atoms with Crippen molar-refractivity contribution in [3.63, 3.8) is 0 Å². The average molecular weight is 477 g/mol. The number of carbonyl (C=O) groups is 2. The zero-order valence-corrected chi connectivity index (χ0v) is 20.3. The van der Waals surface area contributed by atoms with Crippen LogP contribution in [0, 0.1) is 6.92 Å². The molecule has 0 saturated heterocycles. The van der Waals surface area contributed by atoms with Crippen LogP contribution in [0.25, 0.3) is 10.9 Å². The zero-order chi connectivity index (χ0) is 25.5. The fourth-order valence-corrected chi connectivity index (χ4v) is 3.00. The smallest absolute Gasteiger partial charge is 0.267 e. The van der Waals surface area contributed by atoms with Crippen LogP contribution in [0.1, 0.15) is 28.7 Å². The number of benzene rings is 2. The highest BCUT2D eigenvalue weighted by atomic mass is 16.5. The van der Waals surface area contributed by atoms with E-state index in [2.05, 4.69) is 39.7 Å². The van der Waals surface area contributed by atoms with Crippen LogP contribution in [0.15, 0.2) is 77.6 Å². The number of aryl methyl sites for hydroxylation is 2. The molecule has 4 aromatic rings. The third-order valence-corrected chi connectivity index (χ3v) is 4.86. The van der Waals surface area contributed by atoms with Gasteiger partial charge in [0.15, 0.2) is 0 Å². The molecule has 0 atom stereocenters. The van der Waals surface area contributed by atoms with Crippen LogP contribution >= 0.6 is 0 Å². The second kappa shape index (κ2) is 14.7. The Bertz CT molecular complexity index is 1250. The number of aromatic nitrogens is 2. The van der Waals surface area contributed by atoms with Gasteiger partial charge in [0, 0.05) is 35.8 Å². The molecule has 8 nitrogen and oxygen atoms in total. The first-order valence-electron chi connectivity index (χ1n) is 11.3. The van der Waals surface area contributed by atoms with Crippen LogP contribution < -0.4 is 20.9 Å². The van der Waals surface area contributed by atoms with Gasteiger partial charge in [-0.3, -0.25) is 14.4 Å². The standard InChI is InChI=1S/C13H15N3O3.C7H9NO.C7H8/c1-19-10-2-3-11-9(6-10)7-12(16-11)13(18)15-5-4-14-8-17;1-2-6-4-3-5-7(9)8-6;1-7-5-3-2-4-6-7/h2-3,6-8,16H,4-5H2,1H3,(H,14,17)(H,15,18);3-5H,2H2,1H3,(H,8,9);2-6H,1H3. The number of fused-ring (bicyclic) bond motifs is 1. The topological polar surface area (TPSA) is 116 Å². The maximum Gasteiger partial charge on any atom is 0.267 e. The van der Waals surface area contributed by atoms with Gasteiger partial charge in [0.25, 0.3) is 5.91 Å². The van der Waals surface area contributed by atoms with E-state index >= 15 is 0 Å². The molecule has 0 aliphatic rings. The lowest BCUT2D eigenvalue weighted by molar-refractivity contribution is -0.109. The normalized spacial score (nSPS) is 9.69. The van der Waals surface area contributed by atoms with E-state index in [9.17, 15) is 14.4 Å². The lowest BCUT2D eigenvalue weighted by atomic mass is 10.2. The molecule has 0 unspecified atom stereocenters. The highest BCUT2D eigenvalue weighted by molar-refractivity contribution is 5.98. The number of methoxy groups -OCH3 is 1. The summed E-state index contributed by atoms with van der Waals surface area (Å²) in [6, 6.07) is 22.8. The number of hydrogen-bond donors (Lipinski definition) is 4. The summed E-state index contributed by atoms with van der Waals surface area (Å²) < 4.78 is 5.13. The summed E-state index contributed by atoms with van der Waals surface area (Å²) in [4.78, 5) is 38.2. The van der Waals surface area contributed by atoms with E-state index < -0.39 is 0 Å². The van der Waals surface area contributed by atoms with Crippen molar-refractivity contribution in [1.29, 1.82) is 0 Å². The summed E-state index contributed by atoms with van der Waals surface area (Å²) in [5.41, 5.74) is 3.64. The Morgan fingerprint density at radius 3 is 2.31 bits per heavy atom. The molecule has 2 aromatic heterocycles. The first kappa shape index (κ1) is 26.9. The highest BCUT2D eigenvalue weighted by Gasteiger charge is 2.09. The van der Waals surface area contributed by atoms with E-state index in [1.807, 2.05) is 49.4 Å². The highest BCUT2D eigenvalue weighted by Crippen LogP contribution is 2.21. The largest absolute Gasteiger partial charge is 0.497 e. The van der Waals surface area contributed by atoms with Crippen LogP contribution in [0.3, 0.4) is 0 Å². The van der Waals surface area contributed by atoms with Crippen molar-refractivity contribution < 1.29 is 14.3 Å². The predicted molar refractivity (Wildman–Crippen MR) is 139 cm³/mol. The van der Waals surface area contributed by atoms with E-state index in [1.54, 1.807) is 19.2 Å². The Hall–Kier alpha value is -4.33. The Labute approximate surface area is 204 Å². The van der Waals surface area contributed by atoms with Crippen molar-refractivity contribution in [1.82, 2.24) is 20.6 Å². The Morgan fingerprint density at radius 2 is 1.74 bits per heavy atom. The molecule has 0 bridgehead atoms. The first-order valence-corrected chi connectivity index (χ1v) is 11.3. The van der Waals surface area contributed by atoms with E-state index in [0.717, 1.165) is 28.8 Å². The minimum absolute atomic E-state index is 0.0191. The molecule has 2 aromatic carbocycles. The maximum absolute atomic E-state index is 11.8. The summed E-state index contributed by atoms with van der Waals surface area (Å²) in [7, 11) is 1.60. The number of aromatic amines is 2. The second-order valence-electron chi connectivity index (χ2n) is 7.51. The van der Waals surface area contributed by atoms with Gasteiger partial charge in [-0.25, -0.2) is 0 Å².